The number of nitrogens with two attached hydrogens (primary N) is 1. The first-order chi connectivity index (χ1) is 20.1. The Bertz CT molecular complexity index is 1540. The van der Waals surface area contributed by atoms with E-state index < -0.39 is 56.2 Å². The van der Waals surface area contributed by atoms with E-state index in [1.165, 1.54) is 25.1 Å². The van der Waals surface area contributed by atoms with Gasteiger partial charge in [-0.3, -0.25) is 13.9 Å². The summed E-state index contributed by atoms with van der Waals surface area (Å²) < 4.78 is 36.8. The van der Waals surface area contributed by atoms with E-state index in [0.717, 1.165) is 16.3 Å². The van der Waals surface area contributed by atoms with E-state index in [2.05, 4.69) is 20.1 Å². The van der Waals surface area contributed by atoms with Crippen LogP contribution in [-0.2, 0) is 30.0 Å². The molecular weight excluding hydrogens is 573 g/mol. The Hall–Kier alpha value is -4.27. The summed E-state index contributed by atoms with van der Waals surface area (Å²) in [5.41, 5.74) is 12.2. The molecule has 17 heteroatoms. The van der Waals surface area contributed by atoms with Gasteiger partial charge in [0.2, 0.25) is 5.72 Å². The number of carbonyl (C=O) groups is 1. The molecule has 222 valence electrons. The molecule has 2 heterocycles. The van der Waals surface area contributed by atoms with Gasteiger partial charge in [-0.25, -0.2) is 9.36 Å². The third-order valence-electron chi connectivity index (χ3n) is 6.08. The Kier molecular flexibility index (Phi) is 9.60. The number of aliphatic hydroxyl groups is 2. The number of aliphatic hydroxyl groups excluding tert-OH is 2. The lowest BCUT2D eigenvalue weighted by Gasteiger charge is -2.29. The lowest BCUT2D eigenvalue weighted by atomic mass is 10.1. The molecule has 5 N–H and O–H groups in total. The Morgan fingerprint density at radius 2 is 1.90 bits per heavy atom. The summed E-state index contributed by atoms with van der Waals surface area (Å²) in [5.74, 6) is -0.802. The molecule has 0 amide bonds. The van der Waals surface area contributed by atoms with Gasteiger partial charge in [-0.2, -0.15) is 10.1 Å². The minimum absolute atomic E-state index is 0.0466. The molecule has 6 atom stereocenters. The average molecular weight is 602 g/mol. The minimum atomic E-state index is -4.52. The lowest BCUT2D eigenvalue weighted by Crippen LogP contribution is -2.45. The van der Waals surface area contributed by atoms with Gasteiger partial charge >= 0.3 is 19.4 Å². The summed E-state index contributed by atoms with van der Waals surface area (Å²) in [7, 11) is -4.52. The van der Waals surface area contributed by atoms with Crippen LogP contribution in [0.1, 0.15) is 18.7 Å². The second kappa shape index (κ2) is 13.1. The number of nitrogen functional groups attached to an aromatic ring is 1. The number of azide groups is 1. The Morgan fingerprint density at radius 1 is 1.24 bits per heavy atom. The van der Waals surface area contributed by atoms with Crippen molar-refractivity contribution in [2.75, 3.05) is 12.3 Å². The predicted molar refractivity (Wildman–Crippen MR) is 146 cm³/mol. The number of nitrogens with zero attached hydrogens (tertiary/aromatic N) is 5. The number of benzene rings is 2. The quantitative estimate of drug-likeness (QED) is 0.0767. The molecular formula is C25H28N7O9P. The number of rotatable bonds is 12. The third kappa shape index (κ3) is 7.13. The molecule has 3 aromatic rings. The van der Waals surface area contributed by atoms with Crippen LogP contribution in [0.4, 0.5) is 5.82 Å². The standard InChI is InChI=1S/C25H28N7O9P/c1-16(23(35)38-14-17-8-4-2-5-9-17)29-42(37,41-18-10-6-3-7-11-18)39-15-25(30-31-27)21(34)20(33)22(40-25)32-13-12-19(26)28-24(32)36/h2-13,16,20-22,33-34H,14-15H2,1H3,(H,29,37)(H2,26,28,36)/t16-,20+,21-,22+,25?,42?/m0/s1. The number of anilines is 1. The van der Waals surface area contributed by atoms with E-state index in [1.54, 1.807) is 42.5 Å². The molecule has 4 rings (SSSR count). The molecule has 0 bridgehead atoms. The topological polar surface area (TPSA) is 233 Å². The molecule has 16 nitrogen and oxygen atoms in total. The van der Waals surface area contributed by atoms with Crippen molar-refractivity contribution < 1.29 is 38.1 Å². The van der Waals surface area contributed by atoms with Crippen molar-refractivity contribution in [1.29, 1.82) is 0 Å². The predicted octanol–water partition coefficient (Wildman–Crippen LogP) is 2.01. The van der Waals surface area contributed by atoms with Crippen LogP contribution >= 0.6 is 7.75 Å². The maximum absolute atomic E-state index is 13.9. The summed E-state index contributed by atoms with van der Waals surface area (Å²) in [6, 6.07) is 16.7. The van der Waals surface area contributed by atoms with Crippen molar-refractivity contribution in [1.82, 2.24) is 14.6 Å². The SMILES string of the molecule is C[C@H](NP(=O)(OCC1(N=[N+]=[N-])O[C@@H](n2ccc(N)nc2=O)[C@H](O)[C@@H]1O)Oc1ccccc1)C(=O)OCc1ccccc1. The highest BCUT2D eigenvalue weighted by Crippen LogP contribution is 2.48. The van der Waals surface area contributed by atoms with Gasteiger partial charge < -0.3 is 29.9 Å². The second-order valence-corrected chi connectivity index (χ2v) is 10.8. The largest absolute Gasteiger partial charge is 0.460 e. The normalized spacial score (nSPS) is 23.7. The van der Waals surface area contributed by atoms with E-state index >= 15 is 0 Å². The van der Waals surface area contributed by atoms with E-state index in [9.17, 15) is 29.9 Å². The number of esters is 1. The summed E-state index contributed by atoms with van der Waals surface area (Å²) >= 11 is 0. The fourth-order valence-corrected chi connectivity index (χ4v) is 5.46. The van der Waals surface area contributed by atoms with Crippen LogP contribution in [0, 0.1) is 0 Å². The Morgan fingerprint density at radius 3 is 2.55 bits per heavy atom. The number of hydrogen-bond donors (Lipinski definition) is 4. The van der Waals surface area contributed by atoms with Gasteiger partial charge in [0, 0.05) is 11.1 Å². The number of hydrogen-bond acceptors (Lipinski definition) is 12. The third-order valence-corrected chi connectivity index (χ3v) is 7.71. The summed E-state index contributed by atoms with van der Waals surface area (Å²) in [5, 5.41) is 27.5. The van der Waals surface area contributed by atoms with E-state index in [0.29, 0.717) is 0 Å². The fraction of sp³-hybridized carbons (Fsp3) is 0.320. The van der Waals surface area contributed by atoms with Crippen LogP contribution in [0.25, 0.3) is 10.4 Å². The van der Waals surface area contributed by atoms with Crippen molar-refractivity contribution in [3.8, 4) is 5.75 Å². The molecule has 1 saturated heterocycles. The monoisotopic (exact) mass is 601 g/mol. The molecule has 0 radical (unpaired) electrons. The first-order valence-electron chi connectivity index (χ1n) is 12.5. The zero-order chi connectivity index (χ0) is 30.3. The molecule has 0 spiro atoms. The molecule has 2 aromatic carbocycles. The highest BCUT2D eigenvalue weighted by molar-refractivity contribution is 7.52. The van der Waals surface area contributed by atoms with Crippen molar-refractivity contribution in [2.24, 2.45) is 5.11 Å². The molecule has 1 aliphatic heterocycles. The first-order valence-corrected chi connectivity index (χ1v) is 14.0. The van der Waals surface area contributed by atoms with Crippen LogP contribution in [-0.4, -0.2) is 56.3 Å². The number of nitrogens with one attached hydrogen (secondary N) is 1. The summed E-state index contributed by atoms with van der Waals surface area (Å²) in [6.45, 7) is 0.364. The molecule has 42 heavy (non-hydrogen) atoms. The Labute approximate surface area is 238 Å². The van der Waals surface area contributed by atoms with Gasteiger partial charge in [0.25, 0.3) is 0 Å². The summed E-state index contributed by atoms with van der Waals surface area (Å²) in [4.78, 5) is 31.3. The highest BCUT2D eigenvalue weighted by Gasteiger charge is 2.56. The first kappa shape index (κ1) is 30.7. The van der Waals surface area contributed by atoms with Gasteiger partial charge in [-0.1, -0.05) is 53.6 Å². The fourth-order valence-electron chi connectivity index (χ4n) is 3.95. The molecule has 0 aliphatic carbocycles. The maximum Gasteiger partial charge on any atom is 0.459 e. The molecule has 0 saturated carbocycles. The summed E-state index contributed by atoms with van der Waals surface area (Å²) in [6.07, 6.45) is -4.23. The van der Waals surface area contributed by atoms with Crippen LogP contribution in [0.5, 0.6) is 5.75 Å². The van der Waals surface area contributed by atoms with Crippen molar-refractivity contribution in [3.63, 3.8) is 0 Å². The lowest BCUT2D eigenvalue weighted by molar-refractivity contribution is -0.146. The molecule has 2 unspecified atom stereocenters. The Balaban J connectivity index is 1.55. The van der Waals surface area contributed by atoms with Crippen LogP contribution < -0.4 is 21.0 Å². The minimum Gasteiger partial charge on any atom is -0.460 e. The van der Waals surface area contributed by atoms with Crippen molar-refractivity contribution in [3.05, 3.63) is 99.4 Å². The highest BCUT2D eigenvalue weighted by atomic mass is 31.2. The van der Waals surface area contributed by atoms with Crippen molar-refractivity contribution in [2.45, 2.75) is 43.7 Å². The van der Waals surface area contributed by atoms with Gasteiger partial charge in [-0.15, -0.1) is 0 Å². The zero-order valence-corrected chi connectivity index (χ0v) is 23.1. The number of aromatic nitrogens is 2. The van der Waals surface area contributed by atoms with E-state index in [-0.39, 0.29) is 18.2 Å². The molecule has 1 fully saturated rings. The molecule has 1 aliphatic rings. The van der Waals surface area contributed by atoms with Crippen LogP contribution in [0.15, 0.2) is 82.8 Å². The number of carbonyl (C=O) groups excluding carboxylic acids is 1. The van der Waals surface area contributed by atoms with Gasteiger partial charge in [0.1, 0.15) is 36.4 Å². The molecule has 1 aromatic heterocycles. The number of ether oxygens (including phenoxy) is 2. The van der Waals surface area contributed by atoms with Crippen molar-refractivity contribution >= 4 is 19.5 Å². The van der Waals surface area contributed by atoms with Gasteiger partial charge in [0.05, 0.1) is 6.61 Å². The number of para-hydroxylation sites is 1. The zero-order valence-electron chi connectivity index (χ0n) is 22.2. The smallest absolute Gasteiger partial charge is 0.459 e. The van der Waals surface area contributed by atoms with E-state index in [1.807, 2.05) is 6.07 Å². The van der Waals surface area contributed by atoms with Crippen LogP contribution in [0.2, 0.25) is 0 Å². The average Bonchev–Trinajstić information content (AvgIpc) is 3.21. The maximum atomic E-state index is 13.9. The van der Waals surface area contributed by atoms with Gasteiger partial charge in [0.15, 0.2) is 6.23 Å². The van der Waals surface area contributed by atoms with Gasteiger partial charge in [-0.05, 0) is 36.2 Å². The van der Waals surface area contributed by atoms with E-state index in [4.69, 9.17) is 24.3 Å². The van der Waals surface area contributed by atoms with Crippen LogP contribution in [0.3, 0.4) is 0 Å². The second-order valence-electron chi connectivity index (χ2n) is 9.14.